The van der Waals surface area contributed by atoms with E-state index in [1.165, 1.54) is 43.9 Å². The number of anilines is 1. The second-order valence-electron chi connectivity index (χ2n) is 14.4. The highest BCUT2D eigenvalue weighted by molar-refractivity contribution is 6.32. The first kappa shape index (κ1) is 33.6. The van der Waals surface area contributed by atoms with Crippen LogP contribution in [0.15, 0.2) is 131 Å². The van der Waals surface area contributed by atoms with E-state index < -0.39 is 5.97 Å². The lowest BCUT2D eigenvalue weighted by Crippen LogP contribution is -2.27. The number of benzene rings is 4. The molecule has 3 nitrogen and oxygen atoms in total. The molecule has 0 atom stereocenters. The number of aliphatic carboxylic acids is 1. The van der Waals surface area contributed by atoms with Crippen LogP contribution in [0.25, 0.3) is 21.5 Å². The van der Waals surface area contributed by atoms with Gasteiger partial charge in [-0.2, -0.15) is 0 Å². The lowest BCUT2D eigenvalue weighted by molar-refractivity contribution is -0.137. The maximum Gasteiger partial charge on any atom is 0.303 e. The fourth-order valence-electron chi connectivity index (χ4n) is 7.83. The number of fused-ring (bicyclic) bond motifs is 4. The van der Waals surface area contributed by atoms with Crippen LogP contribution in [0.5, 0.6) is 0 Å². The van der Waals surface area contributed by atoms with Gasteiger partial charge in [0.1, 0.15) is 0 Å². The average Bonchev–Trinajstić information content (AvgIpc) is 3.28. The smallest absolute Gasteiger partial charge is 0.303 e. The van der Waals surface area contributed by atoms with Gasteiger partial charge in [0, 0.05) is 40.2 Å². The number of nitrogens with zero attached hydrogens (tertiary/aromatic N) is 1. The summed E-state index contributed by atoms with van der Waals surface area (Å²) in [7, 11) is 0. The first-order valence-corrected chi connectivity index (χ1v) is 17.5. The molecule has 4 aromatic rings. The fraction of sp³-hybridized carbons (Fsp3) is 0.295. The van der Waals surface area contributed by atoms with Gasteiger partial charge in [0.15, 0.2) is 0 Å². The summed E-state index contributed by atoms with van der Waals surface area (Å²) in [5.41, 5.74) is 8.98. The molecule has 2 aliphatic rings. The Morgan fingerprint density at radius 2 is 1.62 bits per heavy atom. The molecule has 0 saturated carbocycles. The summed E-state index contributed by atoms with van der Waals surface area (Å²) in [5.74, 6) is -0.766. The highest BCUT2D eigenvalue weighted by Crippen LogP contribution is 2.51. The van der Waals surface area contributed by atoms with Gasteiger partial charge in [-0.1, -0.05) is 131 Å². The Morgan fingerprint density at radius 3 is 2.35 bits per heavy atom. The maximum atomic E-state index is 11.4. The zero-order valence-corrected chi connectivity index (χ0v) is 29.6. The maximum absolute atomic E-state index is 11.4. The average molecular weight is 656 g/mol. The third-order valence-corrected chi connectivity index (χ3v) is 11.0. The Bertz CT molecular complexity index is 2060. The molecule has 0 saturated heterocycles. The Labute approximate surface area is 290 Å². The number of allylic oxidation sites excluding steroid dienone is 9. The lowest BCUT2D eigenvalue weighted by Gasteiger charge is -2.30. The zero-order chi connectivity index (χ0) is 34.2. The number of hydrogen-bond acceptors (Lipinski definition) is 2. The molecule has 1 heterocycles. The van der Waals surface area contributed by atoms with Crippen molar-refractivity contribution in [2.24, 2.45) is 0 Å². The molecule has 0 aromatic heterocycles. The van der Waals surface area contributed by atoms with Gasteiger partial charge in [0.05, 0.1) is 0 Å². The minimum absolute atomic E-state index is 0.140. The number of aryl methyl sites for hydroxylation is 1. The quantitative estimate of drug-likeness (QED) is 0.182. The number of hydrogen-bond donors (Lipinski definition) is 1. The summed E-state index contributed by atoms with van der Waals surface area (Å²) < 4.78 is 0. The van der Waals surface area contributed by atoms with Gasteiger partial charge >= 0.3 is 5.97 Å². The molecule has 0 bridgehead atoms. The summed E-state index contributed by atoms with van der Waals surface area (Å²) in [6.45, 7) is 16.4. The number of carboxylic acids is 1. The predicted octanol–water partition coefficient (Wildman–Crippen LogP) is 11.8. The predicted molar refractivity (Wildman–Crippen MR) is 204 cm³/mol. The standard InChI is InChI=1S/C44H46ClNO2/c1-29-20-22-31-13-7-9-17-35(31)40(29)43(3,4)30(2)21-23-33-15-11-16-34(42(33)45)25-27-38-44(5,6)41-36-18-10-8-14-32(36)24-26-37(41)46(38)28-12-19-39(47)48/h7-10,13-14,17-18,20-27H,2,11-12,15-16,19,28H2,1,3-6H3,(H,47,48)/b23-21+,34-25+,38-27+. The van der Waals surface area contributed by atoms with Crippen molar-refractivity contribution >= 4 is 44.8 Å². The topological polar surface area (TPSA) is 40.5 Å². The van der Waals surface area contributed by atoms with Crippen LogP contribution in [0.1, 0.15) is 76.5 Å². The first-order valence-electron chi connectivity index (χ1n) is 17.1. The van der Waals surface area contributed by atoms with Crippen LogP contribution in [0.4, 0.5) is 5.69 Å². The van der Waals surface area contributed by atoms with E-state index in [-0.39, 0.29) is 17.3 Å². The normalized spacial score (nSPS) is 18.1. The molecule has 246 valence electrons. The highest BCUT2D eigenvalue weighted by Gasteiger charge is 2.41. The summed E-state index contributed by atoms with van der Waals surface area (Å²) in [6.07, 6.45) is 12.3. The Hall–Kier alpha value is -4.34. The summed E-state index contributed by atoms with van der Waals surface area (Å²) in [6, 6.07) is 25.9. The van der Waals surface area contributed by atoms with Crippen LogP contribution >= 0.6 is 11.6 Å². The van der Waals surface area contributed by atoms with Crippen LogP contribution in [0.2, 0.25) is 0 Å². The molecule has 1 N–H and O–H groups in total. The molecule has 4 aromatic carbocycles. The van der Waals surface area contributed by atoms with Gasteiger partial charge < -0.3 is 10.0 Å². The number of halogens is 1. The largest absolute Gasteiger partial charge is 0.481 e. The van der Waals surface area contributed by atoms with E-state index >= 15 is 0 Å². The molecule has 1 aliphatic heterocycles. The van der Waals surface area contributed by atoms with E-state index in [2.05, 4.69) is 143 Å². The van der Waals surface area contributed by atoms with Gasteiger partial charge in [-0.3, -0.25) is 4.79 Å². The van der Waals surface area contributed by atoms with E-state index in [9.17, 15) is 9.90 Å². The molecule has 1 aliphatic carbocycles. The van der Waals surface area contributed by atoms with Crippen molar-refractivity contribution in [2.45, 2.75) is 77.6 Å². The van der Waals surface area contributed by atoms with Gasteiger partial charge in [0.25, 0.3) is 0 Å². The van der Waals surface area contributed by atoms with Crippen LogP contribution in [0.3, 0.4) is 0 Å². The van der Waals surface area contributed by atoms with Gasteiger partial charge in [-0.05, 0) is 99.7 Å². The summed E-state index contributed by atoms with van der Waals surface area (Å²) in [4.78, 5) is 13.7. The molecule has 48 heavy (non-hydrogen) atoms. The molecular formula is C44H46ClNO2. The van der Waals surface area contributed by atoms with Gasteiger partial charge in [-0.15, -0.1) is 0 Å². The third kappa shape index (κ3) is 6.17. The number of carboxylic acid groups (broad SMARTS) is 1. The zero-order valence-electron chi connectivity index (χ0n) is 28.9. The highest BCUT2D eigenvalue weighted by atomic mass is 35.5. The van der Waals surface area contributed by atoms with Crippen molar-refractivity contribution in [3.63, 3.8) is 0 Å². The SMILES string of the molecule is C=C(/C=C/C1=C(Cl)C(=C/C=C2/N(CCCC(=O)O)c3ccc4ccccc4c3C2(C)C)/CCC1)C(C)(C)c1c(C)ccc2ccccc12. The molecular weight excluding hydrogens is 610 g/mol. The van der Waals surface area contributed by atoms with Crippen LogP contribution in [0, 0.1) is 6.92 Å². The van der Waals surface area contributed by atoms with E-state index in [0.717, 1.165) is 46.7 Å². The monoisotopic (exact) mass is 655 g/mol. The molecule has 0 spiro atoms. The number of rotatable bonds is 9. The molecule has 0 unspecified atom stereocenters. The summed E-state index contributed by atoms with van der Waals surface area (Å²) in [5, 5.41) is 15.2. The molecule has 0 amide bonds. The molecule has 6 rings (SSSR count). The van der Waals surface area contributed by atoms with E-state index in [4.69, 9.17) is 11.6 Å². The van der Waals surface area contributed by atoms with Gasteiger partial charge in [0.2, 0.25) is 0 Å². The third-order valence-electron chi connectivity index (χ3n) is 10.5. The Balaban J connectivity index is 1.33. The number of carbonyl (C=O) groups is 1. The van der Waals surface area contributed by atoms with Crippen molar-refractivity contribution in [3.05, 3.63) is 148 Å². The van der Waals surface area contributed by atoms with E-state index in [1.54, 1.807) is 0 Å². The summed E-state index contributed by atoms with van der Waals surface area (Å²) >= 11 is 7.17. The Morgan fingerprint density at radius 1 is 0.958 bits per heavy atom. The lowest BCUT2D eigenvalue weighted by atomic mass is 9.74. The van der Waals surface area contributed by atoms with Crippen molar-refractivity contribution in [2.75, 3.05) is 11.4 Å². The second kappa shape index (κ2) is 13.3. The Kier molecular flexibility index (Phi) is 9.29. The first-order chi connectivity index (χ1) is 22.9. The molecule has 0 radical (unpaired) electrons. The van der Waals surface area contributed by atoms with Crippen LogP contribution < -0.4 is 4.90 Å². The van der Waals surface area contributed by atoms with Crippen molar-refractivity contribution < 1.29 is 9.90 Å². The van der Waals surface area contributed by atoms with Crippen molar-refractivity contribution in [3.8, 4) is 0 Å². The van der Waals surface area contributed by atoms with Gasteiger partial charge in [-0.25, -0.2) is 0 Å². The fourth-order valence-corrected chi connectivity index (χ4v) is 8.15. The van der Waals surface area contributed by atoms with Crippen molar-refractivity contribution in [1.29, 1.82) is 0 Å². The second-order valence-corrected chi connectivity index (χ2v) is 14.7. The van der Waals surface area contributed by atoms with E-state index in [0.29, 0.717) is 13.0 Å². The van der Waals surface area contributed by atoms with Crippen LogP contribution in [-0.4, -0.2) is 17.6 Å². The molecule has 0 fully saturated rings. The molecule has 4 heteroatoms. The minimum Gasteiger partial charge on any atom is -0.481 e. The van der Waals surface area contributed by atoms with Crippen molar-refractivity contribution in [1.82, 2.24) is 0 Å². The van der Waals surface area contributed by atoms with E-state index in [1.807, 2.05) is 0 Å². The minimum atomic E-state index is -0.766. The van der Waals surface area contributed by atoms with Crippen LogP contribution in [-0.2, 0) is 15.6 Å².